The molecule has 3 amide bonds. The zero-order valence-corrected chi connectivity index (χ0v) is 33.1. The molecule has 18 heteroatoms. The second kappa shape index (κ2) is 18.1. The number of carbonyl (C=O) groups excluding carboxylic acids is 3. The molecule has 6 aromatic rings. The maximum atomic E-state index is 14.2. The first-order valence-electron chi connectivity index (χ1n) is 20.0. The number of anilines is 6. The fourth-order valence-corrected chi connectivity index (χ4v) is 7.79. The molecule has 0 aliphatic heterocycles. The summed E-state index contributed by atoms with van der Waals surface area (Å²) in [5.74, 6) is 0.282. The van der Waals surface area contributed by atoms with Gasteiger partial charge >= 0.3 is 0 Å². The van der Waals surface area contributed by atoms with Crippen LogP contribution in [0.2, 0.25) is 0 Å². The Morgan fingerprint density at radius 2 is 1.33 bits per heavy atom. The number of amides is 3. The third-order valence-corrected chi connectivity index (χ3v) is 10.7. The Kier molecular flexibility index (Phi) is 11.9. The van der Waals surface area contributed by atoms with Crippen molar-refractivity contribution in [1.82, 2.24) is 51.1 Å². The summed E-state index contributed by atoms with van der Waals surface area (Å²) in [7, 11) is 0. The lowest BCUT2D eigenvalue weighted by atomic mass is 10.1. The normalized spacial score (nSPS) is 19.5. The molecule has 2 aliphatic rings. The number of benzene rings is 2. The molecule has 0 saturated heterocycles. The van der Waals surface area contributed by atoms with E-state index >= 15 is 0 Å². The highest BCUT2D eigenvalue weighted by molar-refractivity contribution is 5.98. The molecule has 3 unspecified atom stereocenters. The summed E-state index contributed by atoms with van der Waals surface area (Å²) in [4.78, 5) is 61.7. The number of aromatic nitrogens is 7. The van der Waals surface area contributed by atoms with Crippen LogP contribution in [0.1, 0.15) is 48.3 Å². The molecule has 5 atom stereocenters. The molecule has 2 fully saturated rings. The zero-order valence-electron chi connectivity index (χ0n) is 33.1. The third-order valence-electron chi connectivity index (χ3n) is 10.7. The van der Waals surface area contributed by atoms with E-state index in [2.05, 4.69) is 75.5 Å². The van der Waals surface area contributed by atoms with Crippen molar-refractivity contribution in [2.24, 2.45) is 5.73 Å². The Bertz CT molecular complexity index is 2620. The second-order valence-electron chi connectivity index (χ2n) is 14.9. The molecule has 2 aliphatic carbocycles. The van der Waals surface area contributed by atoms with Crippen LogP contribution in [0.15, 0.2) is 105 Å². The number of nitrogens with zero attached hydrogens (tertiary/aromatic N) is 7. The van der Waals surface area contributed by atoms with Crippen LogP contribution < -0.4 is 43.0 Å². The fraction of sp³-hybridized carbons (Fsp3) is 0.256. The number of carbonyl (C=O) groups is 3. The van der Waals surface area contributed by atoms with Crippen molar-refractivity contribution in [3.8, 4) is 0 Å². The number of pyridine rings is 2. The maximum Gasteiger partial charge on any atom is 0.274 e. The van der Waals surface area contributed by atoms with Gasteiger partial charge in [-0.2, -0.15) is 4.98 Å². The van der Waals surface area contributed by atoms with Gasteiger partial charge in [0.2, 0.25) is 17.8 Å². The molecule has 0 radical (unpaired) electrons. The predicted octanol–water partition coefficient (Wildman–Crippen LogP) is 4.38. The number of nitrogens with one attached hydrogen (secondary N) is 7. The Balaban J connectivity index is 1.01. The molecular formula is C43H45N15O3. The van der Waals surface area contributed by atoms with E-state index in [9.17, 15) is 14.4 Å². The summed E-state index contributed by atoms with van der Waals surface area (Å²) in [6.45, 7) is 7.26. The van der Waals surface area contributed by atoms with E-state index in [0.717, 1.165) is 40.3 Å². The summed E-state index contributed by atoms with van der Waals surface area (Å²) < 4.78 is 0. The standard InChI is InChI=1S/C43H45N15O3/c1-3-37(59)49-29-10-9-28(19-29)48-36-23-47-39(41(55-36)51-27-12-14-32-25(18-27)8-6-16-46-32)42(61)54-34-21-30(20-33(34)53-38(60)4-2)52-43-56-40(35(22-44)57-58-43)50-26-11-13-31-24(17-26)7-5-15-45-31/h3-8,11-18,23,28-30,33-34H,1-2,9-10,19-22,44H2,(H,49,59)(H,53,60)(H,54,61)(H2,48,51,55)(H2,50,52,56,58)/t28-,29?,30+,33?,34?/m1/s1. The number of fused-ring (bicyclic) bond motifs is 2. The van der Waals surface area contributed by atoms with Crippen molar-refractivity contribution >= 4 is 74.3 Å². The van der Waals surface area contributed by atoms with Crippen LogP contribution in [-0.4, -0.2) is 83.0 Å². The summed E-state index contributed by atoms with van der Waals surface area (Å²) in [5.41, 5.74) is 9.66. The van der Waals surface area contributed by atoms with Crippen molar-refractivity contribution in [2.45, 2.75) is 68.9 Å². The van der Waals surface area contributed by atoms with E-state index in [0.29, 0.717) is 42.3 Å². The Labute approximate surface area is 350 Å². The van der Waals surface area contributed by atoms with Crippen LogP contribution in [-0.2, 0) is 16.1 Å². The van der Waals surface area contributed by atoms with Gasteiger partial charge in [-0.1, -0.05) is 25.3 Å². The smallest absolute Gasteiger partial charge is 0.274 e. The van der Waals surface area contributed by atoms with Crippen molar-refractivity contribution < 1.29 is 14.4 Å². The van der Waals surface area contributed by atoms with E-state index < -0.39 is 18.0 Å². The highest BCUT2D eigenvalue weighted by Crippen LogP contribution is 2.29. The molecule has 0 spiro atoms. The molecular weight excluding hydrogens is 775 g/mol. The van der Waals surface area contributed by atoms with Crippen LogP contribution in [0.5, 0.6) is 0 Å². The van der Waals surface area contributed by atoms with Crippen LogP contribution in [0, 0.1) is 0 Å². The third kappa shape index (κ3) is 9.66. The Morgan fingerprint density at radius 1 is 0.689 bits per heavy atom. The average molecular weight is 820 g/mol. The molecule has 61 heavy (non-hydrogen) atoms. The van der Waals surface area contributed by atoms with E-state index in [1.807, 2.05) is 60.7 Å². The SMILES string of the molecule is C=CC(=O)NC1CC[C@@H](Nc2cnc(C(=O)NC3C[C@@H](Nc4nnc(CN)c(Nc5ccc6ncccc6c5)n4)CC3NC(=O)C=C)c(Nc3ccc4ncccc4c3)n2)C1. The van der Waals surface area contributed by atoms with Crippen molar-refractivity contribution in [3.63, 3.8) is 0 Å². The summed E-state index contributed by atoms with van der Waals surface area (Å²) in [6, 6.07) is 17.8. The molecule has 4 heterocycles. The number of rotatable bonds is 15. The predicted molar refractivity (Wildman–Crippen MR) is 233 cm³/mol. The van der Waals surface area contributed by atoms with Gasteiger partial charge in [0, 0.05) is 59.2 Å². The molecule has 2 aromatic carbocycles. The number of hydrogen-bond acceptors (Lipinski definition) is 15. The number of nitrogens with two attached hydrogens (primary N) is 1. The highest BCUT2D eigenvalue weighted by atomic mass is 16.2. The molecule has 8 rings (SSSR count). The van der Waals surface area contributed by atoms with E-state index in [-0.39, 0.29) is 53.9 Å². The zero-order chi connectivity index (χ0) is 42.3. The lowest BCUT2D eigenvalue weighted by Crippen LogP contribution is -2.48. The topological polar surface area (TPSA) is 252 Å². The quantitative estimate of drug-likeness (QED) is 0.0670. The second-order valence-corrected chi connectivity index (χ2v) is 14.9. The number of hydrogen-bond donors (Lipinski definition) is 8. The van der Waals surface area contributed by atoms with Crippen molar-refractivity contribution in [1.29, 1.82) is 0 Å². The summed E-state index contributed by atoms with van der Waals surface area (Å²) in [6.07, 6.45) is 10.6. The Hall–Kier alpha value is -7.60. The van der Waals surface area contributed by atoms with Crippen LogP contribution in [0.4, 0.5) is 34.8 Å². The first-order valence-corrected chi connectivity index (χ1v) is 20.0. The first kappa shape index (κ1) is 40.2. The van der Waals surface area contributed by atoms with Gasteiger partial charge in [0.15, 0.2) is 17.3 Å². The van der Waals surface area contributed by atoms with Gasteiger partial charge in [0.25, 0.3) is 5.91 Å². The van der Waals surface area contributed by atoms with Gasteiger partial charge in [-0.3, -0.25) is 24.4 Å². The van der Waals surface area contributed by atoms with Crippen molar-refractivity contribution in [3.05, 3.63) is 116 Å². The van der Waals surface area contributed by atoms with Gasteiger partial charge in [-0.05, 0) is 92.8 Å². The molecule has 9 N–H and O–H groups in total. The minimum atomic E-state index is -0.533. The van der Waals surface area contributed by atoms with Gasteiger partial charge in [-0.25, -0.2) is 9.97 Å². The summed E-state index contributed by atoms with van der Waals surface area (Å²) >= 11 is 0. The highest BCUT2D eigenvalue weighted by Gasteiger charge is 2.37. The minimum Gasteiger partial charge on any atom is -0.366 e. The van der Waals surface area contributed by atoms with Crippen LogP contribution in [0.25, 0.3) is 21.8 Å². The van der Waals surface area contributed by atoms with Crippen molar-refractivity contribution in [2.75, 3.05) is 21.3 Å². The van der Waals surface area contributed by atoms with E-state index in [4.69, 9.17) is 15.7 Å². The lowest BCUT2D eigenvalue weighted by Gasteiger charge is -2.22. The van der Waals surface area contributed by atoms with Gasteiger partial charge < -0.3 is 43.0 Å². The van der Waals surface area contributed by atoms with E-state index in [1.54, 1.807) is 12.4 Å². The molecule has 0 bridgehead atoms. The monoisotopic (exact) mass is 819 g/mol. The van der Waals surface area contributed by atoms with E-state index in [1.165, 1.54) is 18.3 Å². The molecule has 2 saturated carbocycles. The van der Waals surface area contributed by atoms with Crippen LogP contribution in [0.3, 0.4) is 0 Å². The Morgan fingerprint density at radius 3 is 2.00 bits per heavy atom. The van der Waals surface area contributed by atoms with Crippen LogP contribution >= 0.6 is 0 Å². The fourth-order valence-electron chi connectivity index (χ4n) is 7.79. The molecule has 310 valence electrons. The molecule has 18 nitrogen and oxygen atoms in total. The van der Waals surface area contributed by atoms with Gasteiger partial charge in [0.1, 0.15) is 11.5 Å². The minimum absolute atomic E-state index is 0.00395. The molecule has 4 aromatic heterocycles. The lowest BCUT2D eigenvalue weighted by molar-refractivity contribution is -0.118. The first-order chi connectivity index (χ1) is 29.7. The summed E-state index contributed by atoms with van der Waals surface area (Å²) in [5, 5.41) is 32.9. The van der Waals surface area contributed by atoms with Gasteiger partial charge in [0.05, 0.1) is 29.3 Å². The largest absolute Gasteiger partial charge is 0.366 e. The average Bonchev–Trinajstić information content (AvgIpc) is 3.88. The maximum absolute atomic E-state index is 14.2. The van der Waals surface area contributed by atoms with Gasteiger partial charge in [-0.15, -0.1) is 10.2 Å².